The molecule has 104 valence electrons. The van der Waals surface area contributed by atoms with Crippen LogP contribution in [0.5, 0.6) is 0 Å². The van der Waals surface area contributed by atoms with Gasteiger partial charge in [0, 0.05) is 17.7 Å². The van der Waals surface area contributed by atoms with E-state index >= 15 is 0 Å². The number of hydrogen-bond acceptors (Lipinski definition) is 4. The first-order chi connectivity index (χ1) is 8.86. The van der Waals surface area contributed by atoms with E-state index in [9.17, 15) is 23.4 Å². The van der Waals surface area contributed by atoms with Crippen molar-refractivity contribution in [1.29, 1.82) is 0 Å². The lowest BCUT2D eigenvalue weighted by atomic mass is 10.0. The molecule has 0 aliphatic heterocycles. The van der Waals surface area contributed by atoms with E-state index in [4.69, 9.17) is 5.53 Å². The molecule has 1 aromatic heterocycles. The maximum Gasteiger partial charge on any atom is 0.433 e. The Morgan fingerprint density at radius 3 is 2.68 bits per heavy atom. The highest BCUT2D eigenvalue weighted by Crippen LogP contribution is 2.29. The lowest BCUT2D eigenvalue weighted by Crippen LogP contribution is -2.20. The molecule has 1 aromatic rings. The molecule has 0 aliphatic rings. The summed E-state index contributed by atoms with van der Waals surface area (Å²) < 4.78 is 37.3. The number of azide groups is 1. The summed E-state index contributed by atoms with van der Waals surface area (Å²) in [4.78, 5) is 5.60. The highest BCUT2D eigenvalue weighted by molar-refractivity contribution is 5.21. The minimum absolute atomic E-state index is 0.0606. The van der Waals surface area contributed by atoms with Crippen LogP contribution in [0.4, 0.5) is 13.2 Å². The standard InChI is InChI=1S/C10H11F3N4O2/c11-10(12,13)8-5-6(1-3-15-8)9(19)7(18)2-4-16-17-14/h1,3,5,7,9,18-19H,2,4H2. The summed E-state index contributed by atoms with van der Waals surface area (Å²) in [5.41, 5.74) is 6.79. The number of nitrogens with zero attached hydrogens (tertiary/aromatic N) is 4. The molecule has 2 N–H and O–H groups in total. The normalized spacial score (nSPS) is 14.6. The van der Waals surface area contributed by atoms with Crippen molar-refractivity contribution in [2.45, 2.75) is 24.8 Å². The van der Waals surface area contributed by atoms with Crippen molar-refractivity contribution in [2.24, 2.45) is 5.11 Å². The lowest BCUT2D eigenvalue weighted by molar-refractivity contribution is -0.141. The average molecular weight is 276 g/mol. The molecular weight excluding hydrogens is 265 g/mol. The summed E-state index contributed by atoms with van der Waals surface area (Å²) in [6, 6.07) is 1.85. The summed E-state index contributed by atoms with van der Waals surface area (Å²) in [5.74, 6) is 0. The molecule has 0 radical (unpaired) electrons. The van der Waals surface area contributed by atoms with Crippen LogP contribution >= 0.6 is 0 Å². The van der Waals surface area contributed by atoms with Crippen LogP contribution in [0, 0.1) is 0 Å². The van der Waals surface area contributed by atoms with E-state index in [1.54, 1.807) is 0 Å². The average Bonchev–Trinajstić information content (AvgIpc) is 2.37. The zero-order chi connectivity index (χ0) is 14.5. The molecule has 0 aliphatic carbocycles. The van der Waals surface area contributed by atoms with E-state index in [1.165, 1.54) is 6.07 Å². The van der Waals surface area contributed by atoms with Gasteiger partial charge < -0.3 is 10.2 Å². The Labute approximate surface area is 106 Å². The molecule has 0 bridgehead atoms. The molecule has 9 heteroatoms. The highest BCUT2D eigenvalue weighted by Gasteiger charge is 2.33. The zero-order valence-corrected chi connectivity index (χ0v) is 9.62. The molecule has 2 unspecified atom stereocenters. The van der Waals surface area contributed by atoms with Crippen LogP contribution in [0.1, 0.15) is 23.8 Å². The fourth-order valence-corrected chi connectivity index (χ4v) is 1.40. The van der Waals surface area contributed by atoms with Gasteiger partial charge >= 0.3 is 6.18 Å². The van der Waals surface area contributed by atoms with Gasteiger partial charge in [-0.2, -0.15) is 13.2 Å². The first-order valence-electron chi connectivity index (χ1n) is 5.26. The summed E-state index contributed by atoms with van der Waals surface area (Å²) in [6.07, 6.45) is -6.60. The third-order valence-corrected chi connectivity index (χ3v) is 2.37. The predicted molar refractivity (Wildman–Crippen MR) is 58.8 cm³/mol. The van der Waals surface area contributed by atoms with E-state index in [-0.39, 0.29) is 18.5 Å². The van der Waals surface area contributed by atoms with Crippen LogP contribution in [0.25, 0.3) is 10.4 Å². The molecule has 2 atom stereocenters. The van der Waals surface area contributed by atoms with Gasteiger partial charge in [0.1, 0.15) is 11.8 Å². The third-order valence-electron chi connectivity index (χ3n) is 2.37. The monoisotopic (exact) mass is 276 g/mol. The Kier molecular flexibility index (Phi) is 5.11. The molecule has 1 rings (SSSR count). The first kappa shape index (κ1) is 15.2. The lowest BCUT2D eigenvalue weighted by Gasteiger charge is -2.18. The number of rotatable bonds is 5. The molecule has 0 aromatic carbocycles. The zero-order valence-electron chi connectivity index (χ0n) is 9.62. The SMILES string of the molecule is [N-]=[N+]=NCCC(O)C(O)c1ccnc(C(F)(F)F)c1. The minimum Gasteiger partial charge on any atom is -0.390 e. The van der Waals surface area contributed by atoms with Gasteiger partial charge in [0.25, 0.3) is 0 Å². The van der Waals surface area contributed by atoms with E-state index in [1.807, 2.05) is 0 Å². The van der Waals surface area contributed by atoms with Crippen molar-refractivity contribution in [2.75, 3.05) is 6.54 Å². The molecule has 6 nitrogen and oxygen atoms in total. The van der Waals surface area contributed by atoms with Crippen LogP contribution in [-0.4, -0.2) is 27.8 Å². The van der Waals surface area contributed by atoms with Crippen LogP contribution in [-0.2, 0) is 6.18 Å². The van der Waals surface area contributed by atoms with E-state index in [0.29, 0.717) is 6.07 Å². The summed E-state index contributed by atoms with van der Waals surface area (Å²) >= 11 is 0. The maximum absolute atomic E-state index is 12.4. The molecule has 0 amide bonds. The predicted octanol–water partition coefficient (Wildman–Crippen LogP) is 2.20. The van der Waals surface area contributed by atoms with E-state index in [0.717, 1.165) is 6.20 Å². The number of halogens is 3. The molecule has 0 saturated carbocycles. The summed E-state index contributed by atoms with van der Waals surface area (Å²) in [7, 11) is 0. The molecule has 0 saturated heterocycles. The van der Waals surface area contributed by atoms with Crippen molar-refractivity contribution < 1.29 is 23.4 Å². The topological polar surface area (TPSA) is 102 Å². The van der Waals surface area contributed by atoms with E-state index < -0.39 is 24.1 Å². The largest absolute Gasteiger partial charge is 0.433 e. The van der Waals surface area contributed by atoms with Gasteiger partial charge in [0.15, 0.2) is 0 Å². The van der Waals surface area contributed by atoms with Gasteiger partial charge in [0.2, 0.25) is 0 Å². The Morgan fingerprint density at radius 2 is 2.11 bits per heavy atom. The minimum atomic E-state index is -4.62. The summed E-state index contributed by atoms with van der Waals surface area (Å²) in [6.45, 7) is -0.0636. The van der Waals surface area contributed by atoms with Crippen molar-refractivity contribution in [3.63, 3.8) is 0 Å². The van der Waals surface area contributed by atoms with Gasteiger partial charge in [0.05, 0.1) is 6.10 Å². The van der Waals surface area contributed by atoms with Gasteiger partial charge in [-0.15, -0.1) is 0 Å². The third kappa shape index (κ3) is 4.40. The van der Waals surface area contributed by atoms with Crippen molar-refractivity contribution in [3.8, 4) is 0 Å². The second-order valence-electron chi connectivity index (χ2n) is 3.73. The Morgan fingerprint density at radius 1 is 1.42 bits per heavy atom. The van der Waals surface area contributed by atoms with Gasteiger partial charge in [-0.25, -0.2) is 0 Å². The van der Waals surface area contributed by atoms with Crippen LogP contribution in [0.15, 0.2) is 23.4 Å². The molecule has 0 spiro atoms. The Balaban J connectivity index is 2.81. The maximum atomic E-state index is 12.4. The number of aliphatic hydroxyl groups excluding tert-OH is 2. The molecular formula is C10H11F3N4O2. The quantitative estimate of drug-likeness (QED) is 0.489. The van der Waals surface area contributed by atoms with Gasteiger partial charge in [-0.05, 0) is 29.6 Å². The first-order valence-corrected chi connectivity index (χ1v) is 5.26. The number of pyridine rings is 1. The van der Waals surface area contributed by atoms with Crippen molar-refractivity contribution in [1.82, 2.24) is 4.98 Å². The number of aliphatic hydroxyl groups is 2. The van der Waals surface area contributed by atoms with Gasteiger partial charge in [-0.3, -0.25) is 4.98 Å². The Hall–Kier alpha value is -1.83. The second kappa shape index (κ2) is 6.37. The molecule has 0 fully saturated rings. The van der Waals surface area contributed by atoms with Crippen LogP contribution in [0.3, 0.4) is 0 Å². The fraction of sp³-hybridized carbons (Fsp3) is 0.500. The number of aromatic nitrogens is 1. The summed E-state index contributed by atoms with van der Waals surface area (Å²) in [5, 5.41) is 22.4. The van der Waals surface area contributed by atoms with Crippen LogP contribution in [0.2, 0.25) is 0 Å². The van der Waals surface area contributed by atoms with Crippen LogP contribution < -0.4 is 0 Å². The fourth-order valence-electron chi connectivity index (χ4n) is 1.40. The molecule has 1 heterocycles. The Bertz CT molecular complexity index is 474. The number of alkyl halides is 3. The highest BCUT2D eigenvalue weighted by atomic mass is 19.4. The van der Waals surface area contributed by atoms with E-state index in [2.05, 4.69) is 15.0 Å². The van der Waals surface area contributed by atoms with Crippen molar-refractivity contribution in [3.05, 3.63) is 40.0 Å². The second-order valence-corrected chi connectivity index (χ2v) is 3.73. The number of hydrogen-bond donors (Lipinski definition) is 2. The molecule has 19 heavy (non-hydrogen) atoms. The van der Waals surface area contributed by atoms with Crippen molar-refractivity contribution >= 4 is 0 Å². The smallest absolute Gasteiger partial charge is 0.390 e. The van der Waals surface area contributed by atoms with Gasteiger partial charge in [-0.1, -0.05) is 5.11 Å².